The van der Waals surface area contributed by atoms with E-state index in [1.54, 1.807) is 0 Å². The Kier molecular flexibility index (Phi) is 5.06. The fourth-order valence-corrected chi connectivity index (χ4v) is 11.7. The molecule has 0 aromatic heterocycles. The lowest BCUT2D eigenvalue weighted by atomic mass is 9.28. The van der Waals surface area contributed by atoms with Gasteiger partial charge in [0.1, 0.15) is 5.78 Å². The molecule has 1 N–H and O–H groups in total. The smallest absolute Gasteiger partial charge is 0.310 e. The van der Waals surface area contributed by atoms with Crippen LogP contribution in [0.3, 0.4) is 0 Å². The van der Waals surface area contributed by atoms with E-state index in [0.717, 1.165) is 38.5 Å². The van der Waals surface area contributed by atoms with Crippen LogP contribution in [0.25, 0.3) is 0 Å². The van der Waals surface area contributed by atoms with Crippen molar-refractivity contribution in [3.8, 4) is 0 Å². The van der Waals surface area contributed by atoms with Gasteiger partial charge in [-0.2, -0.15) is 0 Å². The summed E-state index contributed by atoms with van der Waals surface area (Å²) in [6.07, 6.45) is 11.1. The number of ketones is 1. The first-order valence-electron chi connectivity index (χ1n) is 14.1. The van der Waals surface area contributed by atoms with Crippen molar-refractivity contribution in [2.75, 3.05) is 0 Å². The summed E-state index contributed by atoms with van der Waals surface area (Å²) in [5.74, 6) is 1.48. The zero-order valence-electron chi connectivity index (χ0n) is 23.0. The van der Waals surface area contributed by atoms with Crippen molar-refractivity contribution in [3.63, 3.8) is 0 Å². The average Bonchev–Trinajstić information content (AvgIpc) is 2.75. The number of hydrogen-bond donors (Lipinski definition) is 1. The lowest BCUT2D eigenvalue weighted by Gasteiger charge is -2.76. The molecule has 0 unspecified atom stereocenters. The highest BCUT2D eigenvalue weighted by Gasteiger charge is 2.74. The monoisotopic (exact) mass is 468 g/mol. The van der Waals surface area contributed by atoms with Gasteiger partial charge in [0.15, 0.2) is 0 Å². The molecule has 0 bridgehead atoms. The average molecular weight is 469 g/mol. The summed E-state index contributed by atoms with van der Waals surface area (Å²) in [5, 5.41) is 10.6. The second-order valence-corrected chi connectivity index (χ2v) is 14.9. The highest BCUT2D eigenvalue weighted by Crippen LogP contribution is 2.80. The number of hydrogen-bond acceptors (Lipinski definition) is 2. The maximum atomic E-state index is 13.0. The van der Waals surface area contributed by atoms with E-state index in [-0.39, 0.29) is 33.0 Å². The number of carbonyl (C=O) groups excluding carboxylic acids is 1. The molecule has 3 nitrogen and oxygen atoms in total. The number of allylic oxidation sites excluding steroid dienone is 2. The van der Waals surface area contributed by atoms with Crippen LogP contribution in [0.15, 0.2) is 11.6 Å². The number of Topliss-reactive ketones (excluding diaryl/α,β-unsaturated/α-hetero) is 1. The Bertz CT molecular complexity index is 962. The van der Waals surface area contributed by atoms with Crippen molar-refractivity contribution in [1.82, 2.24) is 0 Å². The first kappa shape index (κ1) is 24.6. The van der Waals surface area contributed by atoms with Crippen LogP contribution in [0.2, 0.25) is 0 Å². The molecule has 0 aromatic carbocycles. The van der Waals surface area contributed by atoms with Gasteiger partial charge >= 0.3 is 5.97 Å². The fraction of sp³-hybridized carbons (Fsp3) is 0.871. The van der Waals surface area contributed by atoms with Crippen molar-refractivity contribution >= 4 is 11.8 Å². The first-order chi connectivity index (χ1) is 15.6. The molecule has 0 aliphatic heterocycles. The lowest BCUT2D eigenvalue weighted by molar-refractivity contribution is -0.274. The SMILES string of the molecule is CC1=CC[C@]2(C(=O)O)CC[C@@]3(C)[C@]4(C)CC[C@H]5C(C)(C)C(=O)CC[C@]5(C)[C@H]4CC[C@]3(C)[C@H]2[C@H]1C. The van der Waals surface area contributed by atoms with Crippen LogP contribution in [0.4, 0.5) is 0 Å². The summed E-state index contributed by atoms with van der Waals surface area (Å²) in [6, 6.07) is 0. The topological polar surface area (TPSA) is 54.4 Å². The van der Waals surface area contributed by atoms with E-state index in [0.29, 0.717) is 30.0 Å². The molecule has 34 heavy (non-hydrogen) atoms. The maximum absolute atomic E-state index is 13.0. The molecule has 5 rings (SSSR count). The molecule has 0 aromatic rings. The molecule has 0 amide bonds. The molecule has 3 heteroatoms. The van der Waals surface area contributed by atoms with E-state index in [9.17, 15) is 14.7 Å². The highest BCUT2D eigenvalue weighted by molar-refractivity contribution is 5.85. The summed E-state index contributed by atoms with van der Waals surface area (Å²) in [4.78, 5) is 25.9. The van der Waals surface area contributed by atoms with Crippen LogP contribution < -0.4 is 0 Å². The Morgan fingerprint density at radius 3 is 2.18 bits per heavy atom. The minimum Gasteiger partial charge on any atom is -0.481 e. The van der Waals surface area contributed by atoms with Crippen LogP contribution in [0.5, 0.6) is 0 Å². The van der Waals surface area contributed by atoms with E-state index in [4.69, 9.17) is 0 Å². The predicted molar refractivity (Wildman–Crippen MR) is 136 cm³/mol. The number of carbonyl (C=O) groups is 2. The Balaban J connectivity index is 1.62. The zero-order valence-corrected chi connectivity index (χ0v) is 23.0. The molecular weight excluding hydrogens is 420 g/mol. The third-order valence-corrected chi connectivity index (χ3v) is 14.1. The van der Waals surface area contributed by atoms with Gasteiger partial charge in [-0.25, -0.2) is 0 Å². The molecule has 4 fully saturated rings. The number of carboxylic acids is 1. The van der Waals surface area contributed by atoms with E-state index in [1.807, 2.05) is 0 Å². The minimum atomic E-state index is -0.614. The van der Waals surface area contributed by atoms with Crippen LogP contribution in [-0.2, 0) is 9.59 Å². The van der Waals surface area contributed by atoms with Crippen molar-refractivity contribution < 1.29 is 14.7 Å². The van der Waals surface area contributed by atoms with E-state index >= 15 is 0 Å². The Morgan fingerprint density at radius 1 is 0.912 bits per heavy atom. The van der Waals surface area contributed by atoms with Gasteiger partial charge in [0.25, 0.3) is 0 Å². The van der Waals surface area contributed by atoms with Crippen LogP contribution in [-0.4, -0.2) is 16.9 Å². The number of aliphatic carboxylic acids is 1. The van der Waals surface area contributed by atoms with Gasteiger partial charge in [0.05, 0.1) is 5.41 Å². The second-order valence-electron chi connectivity index (χ2n) is 14.9. The van der Waals surface area contributed by atoms with Gasteiger partial charge in [-0.3, -0.25) is 9.59 Å². The van der Waals surface area contributed by atoms with Crippen molar-refractivity contribution in [1.29, 1.82) is 0 Å². The lowest BCUT2D eigenvalue weighted by Crippen LogP contribution is -2.71. The Morgan fingerprint density at radius 2 is 1.53 bits per heavy atom. The summed E-state index contributed by atoms with van der Waals surface area (Å²) in [5.41, 5.74) is 1.05. The third kappa shape index (κ3) is 2.55. The maximum Gasteiger partial charge on any atom is 0.310 e. The van der Waals surface area contributed by atoms with E-state index < -0.39 is 11.4 Å². The zero-order chi connectivity index (χ0) is 25.1. The molecule has 9 atom stereocenters. The van der Waals surface area contributed by atoms with Crippen LogP contribution in [0, 0.1) is 56.2 Å². The molecular formula is C31H48O3. The standard InChI is InChI=1S/C31H48O3/c1-19-9-16-31(25(33)34)18-17-30(8)28(6)14-10-21-26(3,4)23(32)12-13-27(21,5)22(28)11-15-29(30,7)24(31)20(19)2/h9,20-22,24H,10-18H2,1-8H3,(H,33,34)/t20-,21-,22+,24+,27-,28+,29+,30-,31-/m0/s1. The largest absolute Gasteiger partial charge is 0.481 e. The molecule has 0 saturated heterocycles. The molecule has 0 spiro atoms. The van der Waals surface area contributed by atoms with E-state index in [1.165, 1.54) is 18.4 Å². The highest BCUT2D eigenvalue weighted by atomic mass is 16.4. The van der Waals surface area contributed by atoms with Crippen molar-refractivity contribution in [2.45, 2.75) is 113 Å². The van der Waals surface area contributed by atoms with Crippen molar-refractivity contribution in [3.05, 3.63) is 11.6 Å². The molecule has 0 heterocycles. The fourth-order valence-electron chi connectivity index (χ4n) is 11.7. The summed E-state index contributed by atoms with van der Waals surface area (Å²) in [6.45, 7) is 19.1. The van der Waals surface area contributed by atoms with Gasteiger partial charge in [0.2, 0.25) is 0 Å². The molecule has 4 saturated carbocycles. The molecule has 5 aliphatic carbocycles. The van der Waals surface area contributed by atoms with Gasteiger partial charge < -0.3 is 5.11 Å². The first-order valence-corrected chi connectivity index (χ1v) is 14.1. The van der Waals surface area contributed by atoms with Gasteiger partial charge in [-0.05, 0) is 104 Å². The number of fused-ring (bicyclic) bond motifs is 7. The van der Waals surface area contributed by atoms with Crippen LogP contribution >= 0.6 is 0 Å². The second kappa shape index (κ2) is 7.00. The van der Waals surface area contributed by atoms with Gasteiger partial charge in [-0.15, -0.1) is 0 Å². The molecule has 5 aliphatic rings. The Labute approximate surface area is 207 Å². The summed E-state index contributed by atoms with van der Waals surface area (Å²) in [7, 11) is 0. The minimum absolute atomic E-state index is 0.00697. The number of carboxylic acid groups (broad SMARTS) is 1. The third-order valence-electron chi connectivity index (χ3n) is 14.1. The Hall–Kier alpha value is -1.12. The summed E-state index contributed by atoms with van der Waals surface area (Å²) >= 11 is 0. The van der Waals surface area contributed by atoms with Gasteiger partial charge in [0, 0.05) is 11.8 Å². The van der Waals surface area contributed by atoms with Crippen LogP contribution in [0.1, 0.15) is 113 Å². The molecule has 0 radical (unpaired) electrons. The molecule has 190 valence electrons. The van der Waals surface area contributed by atoms with Gasteiger partial charge in [-0.1, -0.05) is 60.1 Å². The van der Waals surface area contributed by atoms with E-state index in [2.05, 4.69) is 61.5 Å². The quantitative estimate of drug-likeness (QED) is 0.401. The summed E-state index contributed by atoms with van der Waals surface area (Å²) < 4.78 is 0. The number of rotatable bonds is 1. The predicted octanol–water partition coefficient (Wildman–Crippen LogP) is 7.69. The van der Waals surface area contributed by atoms with Crippen molar-refractivity contribution in [2.24, 2.45) is 56.2 Å². The normalized spacial score (nSPS) is 54.1.